The maximum Gasteiger partial charge on any atom is 0.335 e. The second-order valence-electron chi connectivity index (χ2n) is 4.76. The number of Topliss-reactive ketones (excluding diaryl/α,β-unsaturated/α-hetero) is 1. The van der Waals surface area contributed by atoms with E-state index in [1.165, 1.54) is 19.1 Å². The molecule has 0 spiro atoms. The normalized spacial score (nSPS) is 10.3. The van der Waals surface area contributed by atoms with Gasteiger partial charge < -0.3 is 10.1 Å². The van der Waals surface area contributed by atoms with Gasteiger partial charge in [-0.25, -0.2) is 8.78 Å². The maximum absolute atomic E-state index is 13.7. The van der Waals surface area contributed by atoms with E-state index in [1.807, 2.05) is 0 Å². The van der Waals surface area contributed by atoms with E-state index in [4.69, 9.17) is 4.74 Å². The number of benzene rings is 2. The molecule has 0 amide bonds. The van der Waals surface area contributed by atoms with Crippen LogP contribution in [0.25, 0.3) is 0 Å². The fraction of sp³-hybridized carbons (Fsp3) is 0.133. The van der Waals surface area contributed by atoms with E-state index in [-0.39, 0.29) is 34.0 Å². The lowest BCUT2D eigenvalue weighted by molar-refractivity contribution is -0.384. The van der Waals surface area contributed by atoms with E-state index in [1.54, 1.807) is 0 Å². The van der Waals surface area contributed by atoms with Gasteiger partial charge in [-0.3, -0.25) is 14.9 Å². The molecule has 0 fully saturated rings. The maximum atomic E-state index is 13.7. The molecule has 0 radical (unpaired) electrons. The van der Waals surface area contributed by atoms with Crippen LogP contribution in [-0.2, 0) is 4.79 Å². The SMILES string of the molecule is CC(=O)CNc1ccc(Br)c(Oc2ccc(F)cc2F)c1[N+](=O)[O-]. The van der Waals surface area contributed by atoms with Crippen LogP contribution in [-0.4, -0.2) is 17.3 Å². The second-order valence-corrected chi connectivity index (χ2v) is 5.62. The summed E-state index contributed by atoms with van der Waals surface area (Å²) < 4.78 is 32.2. The van der Waals surface area contributed by atoms with E-state index < -0.39 is 22.2 Å². The van der Waals surface area contributed by atoms with E-state index in [2.05, 4.69) is 21.2 Å². The molecule has 0 aromatic heterocycles. The smallest absolute Gasteiger partial charge is 0.335 e. The number of nitrogens with zero attached hydrogens (tertiary/aromatic N) is 1. The van der Waals surface area contributed by atoms with Crippen LogP contribution in [0.5, 0.6) is 11.5 Å². The van der Waals surface area contributed by atoms with Crippen molar-refractivity contribution < 1.29 is 23.2 Å². The summed E-state index contributed by atoms with van der Waals surface area (Å²) in [5, 5.41) is 14.0. The fourth-order valence-electron chi connectivity index (χ4n) is 1.86. The highest BCUT2D eigenvalue weighted by Gasteiger charge is 2.25. The van der Waals surface area contributed by atoms with Crippen molar-refractivity contribution in [2.24, 2.45) is 0 Å². The molecule has 0 aliphatic rings. The molecule has 0 unspecified atom stereocenters. The predicted octanol–water partition coefficient (Wildman–Crippen LogP) is 4.43. The summed E-state index contributed by atoms with van der Waals surface area (Å²) in [5.41, 5.74) is -0.440. The van der Waals surface area contributed by atoms with Crippen molar-refractivity contribution in [3.8, 4) is 11.5 Å². The summed E-state index contributed by atoms with van der Waals surface area (Å²) in [6, 6.07) is 5.44. The molecule has 1 N–H and O–H groups in total. The van der Waals surface area contributed by atoms with Crippen molar-refractivity contribution in [2.75, 3.05) is 11.9 Å². The number of carbonyl (C=O) groups is 1. The minimum Gasteiger partial charge on any atom is -0.446 e. The van der Waals surface area contributed by atoms with Crippen molar-refractivity contribution in [3.05, 3.63) is 56.6 Å². The Labute approximate surface area is 143 Å². The van der Waals surface area contributed by atoms with Gasteiger partial charge in [0.2, 0.25) is 5.75 Å². The number of hydrogen-bond donors (Lipinski definition) is 1. The van der Waals surface area contributed by atoms with Crippen molar-refractivity contribution in [1.29, 1.82) is 0 Å². The molecule has 2 aromatic carbocycles. The molecule has 0 saturated heterocycles. The molecule has 6 nitrogen and oxygen atoms in total. The number of halogens is 3. The van der Waals surface area contributed by atoms with Crippen LogP contribution in [0.3, 0.4) is 0 Å². The number of rotatable bonds is 6. The lowest BCUT2D eigenvalue weighted by Crippen LogP contribution is -2.11. The van der Waals surface area contributed by atoms with Crippen LogP contribution in [0.2, 0.25) is 0 Å². The summed E-state index contributed by atoms with van der Waals surface area (Å²) in [4.78, 5) is 21.7. The van der Waals surface area contributed by atoms with Gasteiger partial charge in [0.25, 0.3) is 0 Å². The molecular weight excluding hydrogens is 390 g/mol. The largest absolute Gasteiger partial charge is 0.446 e. The van der Waals surface area contributed by atoms with E-state index in [0.29, 0.717) is 6.07 Å². The van der Waals surface area contributed by atoms with Crippen molar-refractivity contribution in [1.82, 2.24) is 0 Å². The quantitative estimate of drug-likeness (QED) is 0.572. The highest BCUT2D eigenvalue weighted by Crippen LogP contribution is 2.43. The van der Waals surface area contributed by atoms with E-state index >= 15 is 0 Å². The summed E-state index contributed by atoms with van der Waals surface area (Å²) in [6.45, 7) is 1.20. The number of hydrogen-bond acceptors (Lipinski definition) is 5. The Hall–Kier alpha value is -2.55. The van der Waals surface area contributed by atoms with Crippen LogP contribution >= 0.6 is 15.9 Å². The number of nitro groups is 1. The van der Waals surface area contributed by atoms with Crippen LogP contribution < -0.4 is 10.1 Å². The molecule has 0 bridgehead atoms. The zero-order chi connectivity index (χ0) is 17.9. The Balaban J connectivity index is 2.49. The molecule has 0 heterocycles. The Morgan fingerprint density at radius 2 is 2.04 bits per heavy atom. The van der Waals surface area contributed by atoms with Crippen LogP contribution in [0.15, 0.2) is 34.8 Å². The Morgan fingerprint density at radius 1 is 1.33 bits per heavy atom. The minimum atomic E-state index is -1.00. The molecule has 24 heavy (non-hydrogen) atoms. The molecule has 2 rings (SSSR count). The number of carbonyl (C=O) groups excluding carboxylic acids is 1. The molecule has 126 valence electrons. The molecule has 2 aromatic rings. The van der Waals surface area contributed by atoms with Gasteiger partial charge in [0, 0.05) is 6.07 Å². The van der Waals surface area contributed by atoms with Crippen LogP contribution in [0.1, 0.15) is 6.92 Å². The van der Waals surface area contributed by atoms with Crippen molar-refractivity contribution >= 4 is 33.1 Å². The third-order valence-electron chi connectivity index (χ3n) is 2.90. The molecular formula is C15H11BrF2N2O4. The van der Waals surface area contributed by atoms with Crippen molar-refractivity contribution in [2.45, 2.75) is 6.92 Å². The van der Waals surface area contributed by atoms with Gasteiger partial charge in [-0.1, -0.05) is 0 Å². The predicted molar refractivity (Wildman–Crippen MR) is 86.4 cm³/mol. The Bertz CT molecular complexity index is 814. The summed E-state index contributed by atoms with van der Waals surface area (Å²) in [6.07, 6.45) is 0. The zero-order valence-corrected chi connectivity index (χ0v) is 13.9. The first-order chi connectivity index (χ1) is 11.3. The Morgan fingerprint density at radius 3 is 2.62 bits per heavy atom. The number of anilines is 1. The fourth-order valence-corrected chi connectivity index (χ4v) is 2.26. The number of ether oxygens (including phenoxy) is 1. The first-order valence-electron chi connectivity index (χ1n) is 6.62. The van der Waals surface area contributed by atoms with Crippen LogP contribution in [0.4, 0.5) is 20.2 Å². The molecule has 0 atom stereocenters. The van der Waals surface area contributed by atoms with Gasteiger partial charge in [-0.05, 0) is 47.1 Å². The Kier molecular flexibility index (Phi) is 5.45. The average molecular weight is 401 g/mol. The zero-order valence-electron chi connectivity index (χ0n) is 12.3. The van der Waals surface area contributed by atoms with Crippen molar-refractivity contribution in [3.63, 3.8) is 0 Å². The standard InChI is InChI=1S/C15H11BrF2N2O4/c1-8(21)7-19-12-4-3-10(16)15(14(12)20(22)23)24-13-5-2-9(17)6-11(13)18/h2-6,19H,7H2,1H3. The number of nitro benzene ring substituents is 1. The second kappa shape index (κ2) is 7.35. The topological polar surface area (TPSA) is 81.5 Å². The van der Waals surface area contributed by atoms with Crippen LogP contribution in [0, 0.1) is 21.7 Å². The third-order valence-corrected chi connectivity index (χ3v) is 3.52. The monoisotopic (exact) mass is 400 g/mol. The van der Waals surface area contributed by atoms with Gasteiger partial charge in [0.1, 0.15) is 17.3 Å². The average Bonchev–Trinajstić information content (AvgIpc) is 2.49. The van der Waals surface area contributed by atoms with E-state index in [9.17, 15) is 23.7 Å². The van der Waals surface area contributed by atoms with Gasteiger partial charge >= 0.3 is 5.69 Å². The number of ketones is 1. The molecule has 0 aliphatic heterocycles. The summed E-state index contributed by atoms with van der Waals surface area (Å²) in [5.74, 6) is -2.66. The first kappa shape index (κ1) is 17.8. The molecule has 9 heteroatoms. The lowest BCUT2D eigenvalue weighted by atomic mass is 10.2. The number of nitrogens with one attached hydrogen (secondary N) is 1. The van der Waals surface area contributed by atoms with Gasteiger partial charge in [0.15, 0.2) is 11.6 Å². The van der Waals surface area contributed by atoms with Gasteiger partial charge in [-0.2, -0.15) is 0 Å². The highest BCUT2D eigenvalue weighted by molar-refractivity contribution is 9.10. The lowest BCUT2D eigenvalue weighted by Gasteiger charge is -2.12. The molecule has 0 aliphatic carbocycles. The highest BCUT2D eigenvalue weighted by atomic mass is 79.9. The summed E-state index contributed by atoms with van der Waals surface area (Å²) in [7, 11) is 0. The summed E-state index contributed by atoms with van der Waals surface area (Å²) >= 11 is 3.11. The first-order valence-corrected chi connectivity index (χ1v) is 7.42. The minimum absolute atomic E-state index is 0.0379. The molecule has 0 saturated carbocycles. The van der Waals surface area contributed by atoms with Gasteiger partial charge in [-0.15, -0.1) is 0 Å². The van der Waals surface area contributed by atoms with E-state index in [0.717, 1.165) is 12.1 Å². The third kappa shape index (κ3) is 4.05. The van der Waals surface area contributed by atoms with Gasteiger partial charge in [0.05, 0.1) is 15.9 Å².